The van der Waals surface area contributed by atoms with Crippen molar-refractivity contribution in [1.82, 2.24) is 15.0 Å². The van der Waals surface area contributed by atoms with Gasteiger partial charge in [0.25, 0.3) is 0 Å². The maximum atomic E-state index is 12.7. The quantitative estimate of drug-likeness (QED) is 0.772. The summed E-state index contributed by atoms with van der Waals surface area (Å²) < 4.78 is 12.7. The number of halogens is 1. The molecule has 0 aliphatic rings. The molecule has 0 aromatic carbocycles. The van der Waals surface area contributed by atoms with Crippen molar-refractivity contribution < 1.29 is 4.39 Å². The average Bonchev–Trinajstić information content (AvgIpc) is 2.28. The summed E-state index contributed by atoms with van der Waals surface area (Å²) in [5, 5.41) is 2.96. The van der Waals surface area contributed by atoms with Gasteiger partial charge in [0.15, 0.2) is 0 Å². The molecule has 0 bridgehead atoms. The molecule has 0 spiro atoms. The van der Waals surface area contributed by atoms with Gasteiger partial charge < -0.3 is 5.32 Å². The normalized spacial score (nSPS) is 9.93. The Labute approximate surface area is 86.2 Å². The van der Waals surface area contributed by atoms with Crippen LogP contribution in [0, 0.1) is 5.95 Å². The number of nitrogens with zero attached hydrogens (tertiary/aromatic N) is 3. The van der Waals surface area contributed by atoms with Crippen LogP contribution < -0.4 is 5.32 Å². The molecule has 0 radical (unpaired) electrons. The van der Waals surface area contributed by atoms with Crippen LogP contribution in [0.2, 0.25) is 0 Å². The lowest BCUT2D eigenvalue weighted by molar-refractivity contribution is 0.585. The predicted molar refractivity (Wildman–Crippen MR) is 53.6 cm³/mol. The van der Waals surface area contributed by atoms with Gasteiger partial charge in [0, 0.05) is 6.20 Å². The van der Waals surface area contributed by atoms with Crippen LogP contribution >= 0.6 is 0 Å². The molecule has 4 nitrogen and oxygen atoms in total. The SMILES string of the molecule is Fc1cccc(NCc2ccncn2)n1. The number of rotatable bonds is 3. The van der Waals surface area contributed by atoms with E-state index in [9.17, 15) is 4.39 Å². The number of hydrogen-bond donors (Lipinski definition) is 1. The van der Waals surface area contributed by atoms with E-state index in [0.717, 1.165) is 5.69 Å². The smallest absolute Gasteiger partial charge is 0.214 e. The highest BCUT2D eigenvalue weighted by Crippen LogP contribution is 2.04. The molecular weight excluding hydrogens is 195 g/mol. The number of nitrogens with one attached hydrogen (secondary N) is 1. The second-order valence-corrected chi connectivity index (χ2v) is 2.90. The van der Waals surface area contributed by atoms with Crippen molar-refractivity contribution in [2.24, 2.45) is 0 Å². The van der Waals surface area contributed by atoms with E-state index in [-0.39, 0.29) is 0 Å². The minimum Gasteiger partial charge on any atom is -0.364 e. The van der Waals surface area contributed by atoms with Gasteiger partial charge in [0.05, 0.1) is 12.2 Å². The van der Waals surface area contributed by atoms with Crippen LogP contribution in [0.4, 0.5) is 10.2 Å². The van der Waals surface area contributed by atoms with Crippen LogP contribution in [0.1, 0.15) is 5.69 Å². The fourth-order valence-corrected chi connectivity index (χ4v) is 1.11. The van der Waals surface area contributed by atoms with E-state index in [1.165, 1.54) is 12.4 Å². The third-order valence-corrected chi connectivity index (χ3v) is 1.81. The summed E-state index contributed by atoms with van der Waals surface area (Å²) in [6.45, 7) is 0.499. The molecule has 2 aromatic heterocycles. The largest absolute Gasteiger partial charge is 0.364 e. The Balaban J connectivity index is 1.99. The lowest BCUT2D eigenvalue weighted by Crippen LogP contribution is -2.03. The summed E-state index contributed by atoms with van der Waals surface area (Å²) in [5.41, 5.74) is 0.830. The van der Waals surface area contributed by atoms with E-state index in [4.69, 9.17) is 0 Å². The second-order valence-electron chi connectivity index (χ2n) is 2.90. The van der Waals surface area contributed by atoms with E-state index >= 15 is 0 Å². The zero-order valence-electron chi connectivity index (χ0n) is 7.89. The minimum atomic E-state index is -0.498. The number of hydrogen-bond acceptors (Lipinski definition) is 4. The lowest BCUT2D eigenvalue weighted by Gasteiger charge is -2.03. The van der Waals surface area contributed by atoms with Crippen LogP contribution in [-0.4, -0.2) is 15.0 Å². The maximum absolute atomic E-state index is 12.7. The second kappa shape index (κ2) is 4.45. The van der Waals surface area contributed by atoms with Crippen molar-refractivity contribution in [3.05, 3.63) is 48.4 Å². The number of aromatic nitrogens is 3. The molecule has 0 amide bonds. The van der Waals surface area contributed by atoms with Gasteiger partial charge in [-0.1, -0.05) is 6.07 Å². The summed E-state index contributed by atoms with van der Waals surface area (Å²) in [5.74, 6) is -0.00343. The Hall–Kier alpha value is -2.04. The Morgan fingerprint density at radius 2 is 2.20 bits per heavy atom. The molecule has 76 valence electrons. The van der Waals surface area contributed by atoms with Gasteiger partial charge in [-0.2, -0.15) is 4.39 Å². The fraction of sp³-hybridized carbons (Fsp3) is 0.100. The van der Waals surface area contributed by atoms with Gasteiger partial charge >= 0.3 is 0 Å². The third kappa shape index (κ3) is 2.70. The first-order chi connectivity index (χ1) is 7.34. The summed E-state index contributed by atoms with van der Waals surface area (Å²) in [4.78, 5) is 11.5. The van der Waals surface area contributed by atoms with E-state index in [1.807, 2.05) is 0 Å². The topological polar surface area (TPSA) is 50.7 Å². The molecule has 2 rings (SSSR count). The molecule has 2 aromatic rings. The van der Waals surface area contributed by atoms with Crippen molar-refractivity contribution in [2.45, 2.75) is 6.54 Å². The van der Waals surface area contributed by atoms with Gasteiger partial charge in [-0.25, -0.2) is 15.0 Å². The van der Waals surface area contributed by atoms with E-state index < -0.39 is 5.95 Å². The maximum Gasteiger partial charge on any atom is 0.214 e. The monoisotopic (exact) mass is 204 g/mol. The lowest BCUT2D eigenvalue weighted by atomic mass is 10.4. The average molecular weight is 204 g/mol. The van der Waals surface area contributed by atoms with Crippen LogP contribution in [0.15, 0.2) is 36.8 Å². The summed E-state index contributed by atoms with van der Waals surface area (Å²) in [6.07, 6.45) is 3.12. The first-order valence-electron chi connectivity index (χ1n) is 4.46. The molecule has 15 heavy (non-hydrogen) atoms. The molecule has 2 heterocycles. The fourth-order valence-electron chi connectivity index (χ4n) is 1.11. The van der Waals surface area contributed by atoms with E-state index in [1.54, 1.807) is 24.4 Å². The van der Waals surface area contributed by atoms with Crippen molar-refractivity contribution in [3.63, 3.8) is 0 Å². The summed E-state index contributed by atoms with van der Waals surface area (Å²) in [7, 11) is 0. The summed E-state index contributed by atoms with van der Waals surface area (Å²) in [6, 6.07) is 6.39. The van der Waals surface area contributed by atoms with E-state index in [2.05, 4.69) is 20.3 Å². The molecule has 1 N–H and O–H groups in total. The van der Waals surface area contributed by atoms with Crippen LogP contribution in [0.3, 0.4) is 0 Å². The standard InChI is InChI=1S/C10H9FN4/c11-9-2-1-3-10(15-9)13-6-8-4-5-12-7-14-8/h1-5,7H,6H2,(H,13,15). The molecule has 0 saturated heterocycles. The van der Waals surface area contributed by atoms with Crippen LogP contribution in [0.25, 0.3) is 0 Å². The number of pyridine rings is 1. The Bertz CT molecular complexity index is 432. The molecule has 0 saturated carbocycles. The van der Waals surface area contributed by atoms with Crippen molar-refractivity contribution in [3.8, 4) is 0 Å². The molecule has 5 heteroatoms. The van der Waals surface area contributed by atoms with Crippen molar-refractivity contribution in [2.75, 3.05) is 5.32 Å². The van der Waals surface area contributed by atoms with Crippen molar-refractivity contribution in [1.29, 1.82) is 0 Å². The highest BCUT2D eigenvalue weighted by atomic mass is 19.1. The summed E-state index contributed by atoms with van der Waals surface area (Å²) >= 11 is 0. The zero-order valence-corrected chi connectivity index (χ0v) is 7.89. The van der Waals surface area contributed by atoms with E-state index in [0.29, 0.717) is 12.4 Å². The Morgan fingerprint density at radius 1 is 1.27 bits per heavy atom. The molecule has 0 unspecified atom stereocenters. The van der Waals surface area contributed by atoms with Gasteiger partial charge in [0.2, 0.25) is 5.95 Å². The van der Waals surface area contributed by atoms with Crippen LogP contribution in [-0.2, 0) is 6.54 Å². The Morgan fingerprint density at radius 3 is 2.93 bits per heavy atom. The Kier molecular flexibility index (Phi) is 2.82. The van der Waals surface area contributed by atoms with Crippen LogP contribution in [0.5, 0.6) is 0 Å². The van der Waals surface area contributed by atoms with Gasteiger partial charge in [-0.05, 0) is 18.2 Å². The van der Waals surface area contributed by atoms with Gasteiger partial charge in [-0.3, -0.25) is 0 Å². The highest BCUT2D eigenvalue weighted by molar-refractivity contribution is 5.33. The first-order valence-corrected chi connectivity index (χ1v) is 4.46. The predicted octanol–water partition coefficient (Wildman–Crippen LogP) is 1.62. The van der Waals surface area contributed by atoms with Gasteiger partial charge in [-0.15, -0.1) is 0 Å². The van der Waals surface area contributed by atoms with Gasteiger partial charge in [0.1, 0.15) is 12.1 Å². The van der Waals surface area contributed by atoms with Crippen molar-refractivity contribution >= 4 is 5.82 Å². The molecule has 0 aliphatic heterocycles. The molecular formula is C10H9FN4. The molecule has 0 fully saturated rings. The minimum absolute atomic E-state index is 0.494. The zero-order chi connectivity index (χ0) is 10.5. The third-order valence-electron chi connectivity index (χ3n) is 1.81. The first kappa shape index (κ1) is 9.51. The highest BCUT2D eigenvalue weighted by Gasteiger charge is 1.96. The number of anilines is 1. The molecule has 0 atom stereocenters. The molecule has 0 aliphatic carbocycles.